The van der Waals surface area contributed by atoms with Crippen LogP contribution in [-0.4, -0.2) is 71.1 Å². The highest BCUT2D eigenvalue weighted by atomic mass is 16.2. The first-order valence-corrected chi connectivity index (χ1v) is 11.9. The van der Waals surface area contributed by atoms with Crippen LogP contribution < -0.4 is 15.9 Å². The number of H-pyrrole nitrogens is 1. The number of nitrogens with one attached hydrogen (secondary N) is 1. The lowest BCUT2D eigenvalue weighted by molar-refractivity contribution is 0.139. The monoisotopic (exact) mass is 469 g/mol. The van der Waals surface area contributed by atoms with Crippen LogP contribution in [0.25, 0.3) is 11.3 Å². The number of aromatic amines is 1. The van der Waals surface area contributed by atoms with E-state index in [1.165, 1.54) is 17.2 Å². The van der Waals surface area contributed by atoms with Crippen LogP contribution in [0.15, 0.2) is 52.6 Å². The number of nitrogens with zero attached hydrogens (tertiary/aromatic N) is 6. The van der Waals surface area contributed by atoms with Gasteiger partial charge in [-0.15, -0.1) is 0 Å². The zero-order valence-electron chi connectivity index (χ0n) is 20.2. The molecule has 35 heavy (non-hydrogen) atoms. The second kappa shape index (κ2) is 9.36. The number of rotatable bonds is 3. The van der Waals surface area contributed by atoms with Crippen LogP contribution in [0.3, 0.4) is 0 Å². The Morgan fingerprint density at radius 2 is 1.83 bits per heavy atom. The molecule has 2 amide bonds. The highest BCUT2D eigenvalue weighted by Crippen LogP contribution is 2.31. The molecule has 178 valence electrons. The lowest BCUT2D eigenvalue weighted by atomic mass is 9.93. The van der Waals surface area contributed by atoms with E-state index in [0.29, 0.717) is 32.1 Å². The molecule has 0 bridgehead atoms. The summed E-state index contributed by atoms with van der Waals surface area (Å²) in [6.07, 6.45) is 6.02. The normalized spacial score (nSPS) is 17.8. The van der Waals surface area contributed by atoms with E-state index >= 15 is 0 Å². The fourth-order valence-corrected chi connectivity index (χ4v) is 4.76. The summed E-state index contributed by atoms with van der Waals surface area (Å²) in [5.41, 5.74) is 5.90. The van der Waals surface area contributed by atoms with Crippen LogP contribution in [0.1, 0.15) is 29.2 Å². The number of carbonyl (C=O) groups is 1. The smallest absolute Gasteiger partial charge is 0.337 e. The molecule has 2 aliphatic rings. The predicted octanol–water partition coefficient (Wildman–Crippen LogP) is 1.38. The van der Waals surface area contributed by atoms with Crippen molar-refractivity contribution in [3.05, 3.63) is 69.8 Å². The number of anilines is 1. The minimum atomic E-state index is -0.149. The van der Waals surface area contributed by atoms with Crippen molar-refractivity contribution in [2.24, 2.45) is 5.10 Å². The molecule has 4 heterocycles. The molecular formula is C25H28BN7O2. The number of carbonyl (C=O) groups excluding carboxylic acids is 1. The molecule has 0 spiro atoms. The molecule has 0 saturated carbocycles. The van der Waals surface area contributed by atoms with E-state index in [4.69, 9.17) is 4.98 Å². The third-order valence-electron chi connectivity index (χ3n) is 6.50. The van der Waals surface area contributed by atoms with Gasteiger partial charge in [0.1, 0.15) is 7.85 Å². The molecule has 9 nitrogen and oxygen atoms in total. The van der Waals surface area contributed by atoms with Gasteiger partial charge in [0.2, 0.25) is 11.5 Å². The van der Waals surface area contributed by atoms with Crippen molar-refractivity contribution >= 4 is 31.5 Å². The fourth-order valence-electron chi connectivity index (χ4n) is 4.76. The van der Waals surface area contributed by atoms with Gasteiger partial charge >= 0.3 is 6.03 Å². The quantitative estimate of drug-likeness (QED) is 0.585. The van der Waals surface area contributed by atoms with Crippen molar-refractivity contribution in [3.63, 3.8) is 0 Å². The Hall–Kier alpha value is -3.95. The van der Waals surface area contributed by atoms with E-state index in [1.807, 2.05) is 19.0 Å². The van der Waals surface area contributed by atoms with E-state index in [1.54, 1.807) is 23.5 Å². The van der Waals surface area contributed by atoms with Gasteiger partial charge in [-0.05, 0) is 30.9 Å². The summed E-state index contributed by atoms with van der Waals surface area (Å²) in [4.78, 5) is 40.7. The summed E-state index contributed by atoms with van der Waals surface area (Å²) in [7, 11) is 1.95. The summed E-state index contributed by atoms with van der Waals surface area (Å²) < 4.78 is 0. The van der Waals surface area contributed by atoms with Crippen molar-refractivity contribution in [1.82, 2.24) is 24.9 Å². The standard InChI is InChI=1S/C25H28BN7O2/c1-16-11-17(2)13-19(12-16)21-5-6-29-33(21)25(35)32-9-7-31(8-10-32)24-28-15-20(26)23(30-24)18-3-4-22(34)27-14-18/h3-4,6,11-15,21H,5,7-10,26H2,1-2H3,(H,27,34). The molecule has 0 aliphatic carbocycles. The van der Waals surface area contributed by atoms with Crippen molar-refractivity contribution in [2.45, 2.75) is 26.3 Å². The van der Waals surface area contributed by atoms with E-state index < -0.39 is 0 Å². The Bertz CT molecular complexity index is 1310. The second-order valence-electron chi connectivity index (χ2n) is 9.22. The van der Waals surface area contributed by atoms with Crippen LogP contribution >= 0.6 is 0 Å². The number of benzene rings is 1. The molecule has 0 radical (unpaired) electrons. The number of aromatic nitrogens is 3. The Morgan fingerprint density at radius 3 is 2.51 bits per heavy atom. The average Bonchev–Trinajstić information content (AvgIpc) is 3.34. The number of hydrazone groups is 1. The highest BCUT2D eigenvalue weighted by Gasteiger charge is 2.33. The zero-order chi connectivity index (χ0) is 24.5. The van der Waals surface area contributed by atoms with Crippen LogP contribution in [-0.2, 0) is 0 Å². The van der Waals surface area contributed by atoms with E-state index in [9.17, 15) is 9.59 Å². The SMILES string of the molecule is Bc1cnc(N2CCN(C(=O)N3N=CCC3c3cc(C)cc(C)c3)CC2)nc1-c1ccc(=O)[nH]c1. The van der Waals surface area contributed by atoms with Crippen molar-refractivity contribution in [2.75, 3.05) is 31.1 Å². The Kier molecular flexibility index (Phi) is 6.11. The molecule has 3 aromatic rings. The summed E-state index contributed by atoms with van der Waals surface area (Å²) in [5, 5.41) is 6.05. The fraction of sp³-hybridized carbons (Fsp3) is 0.320. The lowest BCUT2D eigenvalue weighted by Gasteiger charge is -2.37. The molecule has 1 saturated heterocycles. The molecule has 1 N–H and O–H groups in total. The van der Waals surface area contributed by atoms with Crippen LogP contribution in [0.2, 0.25) is 0 Å². The molecular weight excluding hydrogens is 441 g/mol. The summed E-state index contributed by atoms with van der Waals surface area (Å²) in [5.74, 6) is 0.621. The maximum absolute atomic E-state index is 13.4. The van der Waals surface area contributed by atoms with Crippen LogP contribution in [0, 0.1) is 13.8 Å². The molecule has 1 fully saturated rings. The van der Waals surface area contributed by atoms with Crippen molar-refractivity contribution in [1.29, 1.82) is 0 Å². The summed E-state index contributed by atoms with van der Waals surface area (Å²) >= 11 is 0. The van der Waals surface area contributed by atoms with Crippen molar-refractivity contribution < 1.29 is 4.79 Å². The minimum absolute atomic E-state index is 0.0682. The molecule has 1 aromatic carbocycles. The van der Waals surface area contributed by atoms with Gasteiger partial charge in [-0.2, -0.15) is 5.10 Å². The number of piperazine rings is 1. The number of aryl methyl sites for hydroxylation is 2. The van der Waals surface area contributed by atoms with Gasteiger partial charge < -0.3 is 14.8 Å². The molecule has 1 unspecified atom stereocenters. The second-order valence-corrected chi connectivity index (χ2v) is 9.22. The largest absolute Gasteiger partial charge is 0.341 e. The van der Waals surface area contributed by atoms with E-state index in [-0.39, 0.29) is 17.6 Å². The number of amides is 2. The van der Waals surface area contributed by atoms with Crippen LogP contribution in [0.4, 0.5) is 10.7 Å². The third kappa shape index (κ3) is 4.69. The third-order valence-corrected chi connectivity index (χ3v) is 6.50. The number of hydrogen-bond acceptors (Lipinski definition) is 6. The summed E-state index contributed by atoms with van der Waals surface area (Å²) in [6.45, 7) is 6.54. The van der Waals surface area contributed by atoms with E-state index in [0.717, 1.165) is 28.7 Å². The molecule has 2 aliphatic heterocycles. The molecule has 1 atom stereocenters. The lowest BCUT2D eigenvalue weighted by Crippen LogP contribution is -2.52. The minimum Gasteiger partial charge on any atom is -0.337 e. The summed E-state index contributed by atoms with van der Waals surface area (Å²) in [6, 6.07) is 9.53. The van der Waals surface area contributed by atoms with Crippen molar-refractivity contribution in [3.8, 4) is 11.3 Å². The molecule has 10 heteroatoms. The van der Waals surface area contributed by atoms with Crippen LogP contribution in [0.5, 0.6) is 0 Å². The van der Waals surface area contributed by atoms with Gasteiger partial charge in [-0.1, -0.05) is 29.3 Å². The Morgan fingerprint density at radius 1 is 1.09 bits per heavy atom. The zero-order valence-corrected chi connectivity index (χ0v) is 20.2. The van der Waals surface area contributed by atoms with Gasteiger partial charge in [-0.25, -0.2) is 19.8 Å². The Labute approximate surface area is 204 Å². The van der Waals surface area contributed by atoms with Gasteiger partial charge in [0.05, 0.1) is 11.7 Å². The number of urea groups is 1. The average molecular weight is 469 g/mol. The Balaban J connectivity index is 1.28. The first-order valence-electron chi connectivity index (χ1n) is 11.9. The topological polar surface area (TPSA) is 97.8 Å². The number of pyridine rings is 1. The first-order chi connectivity index (χ1) is 16.9. The number of hydrogen-bond donors (Lipinski definition) is 1. The molecule has 5 rings (SSSR count). The van der Waals surface area contributed by atoms with Gasteiger partial charge in [0, 0.05) is 62.8 Å². The molecule has 2 aromatic heterocycles. The van der Waals surface area contributed by atoms with E-state index in [2.05, 4.69) is 52.0 Å². The van der Waals surface area contributed by atoms with Gasteiger partial charge in [0.15, 0.2) is 0 Å². The predicted molar refractivity (Wildman–Crippen MR) is 139 cm³/mol. The highest BCUT2D eigenvalue weighted by molar-refractivity contribution is 6.35. The maximum atomic E-state index is 13.4. The maximum Gasteiger partial charge on any atom is 0.341 e. The van der Waals surface area contributed by atoms with Gasteiger partial charge in [-0.3, -0.25) is 4.79 Å². The first kappa shape index (κ1) is 22.8. The van der Waals surface area contributed by atoms with Gasteiger partial charge in [0.25, 0.3) is 0 Å².